The maximum absolute atomic E-state index is 12.0. The molecule has 2 aromatic rings. The van der Waals surface area contributed by atoms with Crippen molar-refractivity contribution in [1.82, 2.24) is 0 Å². The summed E-state index contributed by atoms with van der Waals surface area (Å²) in [7, 11) is 0. The minimum atomic E-state index is 0.257. The first kappa shape index (κ1) is 12.0. The predicted octanol–water partition coefficient (Wildman–Crippen LogP) is 3.88. The van der Waals surface area contributed by atoms with Crippen molar-refractivity contribution in [2.24, 2.45) is 0 Å². The van der Waals surface area contributed by atoms with Gasteiger partial charge in [0, 0.05) is 12.0 Å². The highest BCUT2D eigenvalue weighted by molar-refractivity contribution is 6.06. The van der Waals surface area contributed by atoms with Gasteiger partial charge in [0.1, 0.15) is 5.75 Å². The normalized spacial score (nSPS) is 13.4. The van der Waals surface area contributed by atoms with Gasteiger partial charge in [0.25, 0.3) is 0 Å². The molecule has 0 aromatic heterocycles. The van der Waals surface area contributed by atoms with Crippen LogP contribution in [0.1, 0.15) is 29.3 Å². The number of fused-ring (bicyclic) bond motifs is 1. The number of rotatable bonds is 3. The van der Waals surface area contributed by atoms with Gasteiger partial charge in [-0.15, -0.1) is 0 Å². The molecule has 0 fully saturated rings. The van der Waals surface area contributed by atoms with E-state index in [4.69, 9.17) is 4.74 Å². The molecular formula is C17H16O2. The third-order valence-corrected chi connectivity index (χ3v) is 3.51. The molecule has 0 atom stereocenters. The van der Waals surface area contributed by atoms with Gasteiger partial charge in [-0.3, -0.25) is 4.79 Å². The van der Waals surface area contributed by atoms with Crippen LogP contribution in [0.25, 0.3) is 11.1 Å². The average Bonchev–Trinajstić information content (AvgIpc) is 2.82. The van der Waals surface area contributed by atoms with E-state index in [-0.39, 0.29) is 5.78 Å². The summed E-state index contributed by atoms with van der Waals surface area (Å²) in [4.78, 5) is 12.0. The Bertz CT molecular complexity index is 629. The molecule has 0 bridgehead atoms. The average molecular weight is 252 g/mol. The molecule has 0 aliphatic heterocycles. The fourth-order valence-corrected chi connectivity index (χ4v) is 2.67. The van der Waals surface area contributed by atoms with Gasteiger partial charge < -0.3 is 4.74 Å². The molecule has 0 heterocycles. The summed E-state index contributed by atoms with van der Waals surface area (Å²) >= 11 is 0. The number of benzene rings is 2. The number of hydrogen-bond acceptors (Lipinski definition) is 2. The van der Waals surface area contributed by atoms with Crippen molar-refractivity contribution in [1.29, 1.82) is 0 Å². The van der Waals surface area contributed by atoms with E-state index in [1.807, 2.05) is 43.3 Å². The van der Waals surface area contributed by atoms with Crippen LogP contribution < -0.4 is 4.74 Å². The summed E-state index contributed by atoms with van der Waals surface area (Å²) in [5.74, 6) is 1.11. The van der Waals surface area contributed by atoms with E-state index in [0.717, 1.165) is 28.9 Å². The zero-order valence-corrected chi connectivity index (χ0v) is 11.0. The Morgan fingerprint density at radius 1 is 1.11 bits per heavy atom. The van der Waals surface area contributed by atoms with Crippen LogP contribution in [0.3, 0.4) is 0 Å². The molecule has 1 aliphatic rings. The molecule has 0 unspecified atom stereocenters. The maximum Gasteiger partial charge on any atom is 0.164 e. The van der Waals surface area contributed by atoms with Gasteiger partial charge in [0.05, 0.1) is 6.61 Å². The Labute approximate surface area is 113 Å². The number of ether oxygens (including phenoxy) is 1. The van der Waals surface area contributed by atoms with Crippen molar-refractivity contribution in [3.63, 3.8) is 0 Å². The second-order valence-electron chi connectivity index (χ2n) is 4.72. The first-order chi connectivity index (χ1) is 9.29. The van der Waals surface area contributed by atoms with E-state index in [2.05, 4.69) is 6.07 Å². The van der Waals surface area contributed by atoms with Crippen LogP contribution >= 0.6 is 0 Å². The van der Waals surface area contributed by atoms with E-state index in [9.17, 15) is 4.79 Å². The molecule has 0 saturated heterocycles. The lowest BCUT2D eigenvalue weighted by molar-refractivity contribution is 0.0995. The predicted molar refractivity (Wildman–Crippen MR) is 75.7 cm³/mol. The SMILES string of the molecule is CCOc1cccc(-c2cccc3c2C(=O)CC3)c1. The summed E-state index contributed by atoms with van der Waals surface area (Å²) in [6, 6.07) is 14.1. The summed E-state index contributed by atoms with van der Waals surface area (Å²) in [5, 5.41) is 0. The van der Waals surface area contributed by atoms with Gasteiger partial charge in [-0.05, 0) is 42.2 Å². The monoisotopic (exact) mass is 252 g/mol. The number of Topliss-reactive ketones (excluding diaryl/α,β-unsaturated/α-hetero) is 1. The number of hydrogen-bond donors (Lipinski definition) is 0. The van der Waals surface area contributed by atoms with Crippen molar-refractivity contribution in [3.05, 3.63) is 53.6 Å². The zero-order chi connectivity index (χ0) is 13.2. The van der Waals surface area contributed by atoms with Gasteiger partial charge >= 0.3 is 0 Å². The van der Waals surface area contributed by atoms with Crippen LogP contribution in [0.5, 0.6) is 5.75 Å². The first-order valence-corrected chi connectivity index (χ1v) is 6.68. The van der Waals surface area contributed by atoms with Crippen LogP contribution in [-0.4, -0.2) is 12.4 Å². The van der Waals surface area contributed by atoms with Crippen LogP contribution in [0, 0.1) is 0 Å². The van der Waals surface area contributed by atoms with Crippen molar-refractivity contribution in [3.8, 4) is 16.9 Å². The molecule has 2 aromatic carbocycles. The zero-order valence-electron chi connectivity index (χ0n) is 11.0. The lowest BCUT2D eigenvalue weighted by atomic mass is 9.96. The first-order valence-electron chi connectivity index (χ1n) is 6.68. The fourth-order valence-electron chi connectivity index (χ4n) is 2.67. The van der Waals surface area contributed by atoms with Crippen LogP contribution in [0.2, 0.25) is 0 Å². The number of carbonyl (C=O) groups excluding carboxylic acids is 1. The molecule has 0 amide bonds. The van der Waals surface area contributed by atoms with E-state index in [1.54, 1.807) is 0 Å². The highest BCUT2D eigenvalue weighted by Gasteiger charge is 2.23. The summed E-state index contributed by atoms with van der Waals surface area (Å²) in [5.41, 5.74) is 4.15. The highest BCUT2D eigenvalue weighted by Crippen LogP contribution is 2.33. The Balaban J connectivity index is 2.10. The van der Waals surface area contributed by atoms with E-state index in [0.29, 0.717) is 13.0 Å². The number of ketones is 1. The van der Waals surface area contributed by atoms with Gasteiger partial charge in [0.2, 0.25) is 0 Å². The molecule has 3 rings (SSSR count). The molecule has 2 heteroatoms. The minimum Gasteiger partial charge on any atom is -0.494 e. The highest BCUT2D eigenvalue weighted by atomic mass is 16.5. The van der Waals surface area contributed by atoms with Crippen molar-refractivity contribution in [2.75, 3.05) is 6.61 Å². The van der Waals surface area contributed by atoms with Gasteiger partial charge in [-0.1, -0.05) is 30.3 Å². The number of carbonyl (C=O) groups is 1. The molecule has 96 valence electrons. The van der Waals surface area contributed by atoms with Gasteiger partial charge in [-0.25, -0.2) is 0 Å². The molecule has 0 radical (unpaired) electrons. The van der Waals surface area contributed by atoms with E-state index in [1.165, 1.54) is 5.56 Å². The quantitative estimate of drug-likeness (QED) is 0.828. The lowest BCUT2D eigenvalue weighted by Gasteiger charge is -2.09. The lowest BCUT2D eigenvalue weighted by Crippen LogP contribution is -1.96. The van der Waals surface area contributed by atoms with Crippen molar-refractivity contribution in [2.45, 2.75) is 19.8 Å². The standard InChI is InChI=1S/C17H16O2/c1-2-19-14-7-3-6-13(11-14)15-8-4-5-12-9-10-16(18)17(12)15/h3-8,11H,2,9-10H2,1H3. The van der Waals surface area contributed by atoms with Gasteiger partial charge in [0.15, 0.2) is 5.78 Å². The summed E-state index contributed by atoms with van der Waals surface area (Å²) < 4.78 is 5.53. The summed E-state index contributed by atoms with van der Waals surface area (Å²) in [6.45, 7) is 2.62. The molecule has 0 saturated carbocycles. The topological polar surface area (TPSA) is 26.3 Å². The third-order valence-electron chi connectivity index (χ3n) is 3.51. The van der Waals surface area contributed by atoms with Crippen LogP contribution in [0.4, 0.5) is 0 Å². The maximum atomic E-state index is 12.0. The fraction of sp³-hybridized carbons (Fsp3) is 0.235. The molecule has 2 nitrogen and oxygen atoms in total. The Kier molecular flexibility index (Phi) is 3.08. The molecule has 19 heavy (non-hydrogen) atoms. The molecule has 1 aliphatic carbocycles. The van der Waals surface area contributed by atoms with Crippen LogP contribution in [-0.2, 0) is 6.42 Å². The number of aryl methyl sites for hydroxylation is 1. The molecular weight excluding hydrogens is 236 g/mol. The van der Waals surface area contributed by atoms with Gasteiger partial charge in [-0.2, -0.15) is 0 Å². The Morgan fingerprint density at radius 3 is 2.79 bits per heavy atom. The largest absolute Gasteiger partial charge is 0.494 e. The molecule has 0 spiro atoms. The van der Waals surface area contributed by atoms with Crippen LogP contribution in [0.15, 0.2) is 42.5 Å². The third kappa shape index (κ3) is 2.14. The minimum absolute atomic E-state index is 0.257. The Morgan fingerprint density at radius 2 is 1.95 bits per heavy atom. The van der Waals surface area contributed by atoms with Crippen molar-refractivity contribution >= 4 is 5.78 Å². The second kappa shape index (κ2) is 4.88. The summed E-state index contributed by atoms with van der Waals surface area (Å²) in [6.07, 6.45) is 1.50. The van der Waals surface area contributed by atoms with Crippen molar-refractivity contribution < 1.29 is 9.53 Å². The molecule has 0 N–H and O–H groups in total. The van der Waals surface area contributed by atoms with E-state index >= 15 is 0 Å². The second-order valence-corrected chi connectivity index (χ2v) is 4.72. The van der Waals surface area contributed by atoms with E-state index < -0.39 is 0 Å². The Hall–Kier alpha value is -2.09. The smallest absolute Gasteiger partial charge is 0.164 e.